The van der Waals surface area contributed by atoms with Gasteiger partial charge in [-0.3, -0.25) is 0 Å². The summed E-state index contributed by atoms with van der Waals surface area (Å²) in [7, 11) is 1.55. The van der Waals surface area contributed by atoms with Crippen LogP contribution in [0.5, 0.6) is 0 Å². The Hall–Kier alpha value is -0.375. The Bertz CT molecular complexity index is 36.6. The number of rotatable bonds is 1. The SMILES string of the molecule is CN(O)B=O. The number of nitrogens with zero attached hydrogens (tertiary/aromatic N) is 1. The summed E-state index contributed by atoms with van der Waals surface area (Å²) in [6.07, 6.45) is 0. The molecule has 0 aliphatic carbocycles. The summed E-state index contributed by atoms with van der Waals surface area (Å²) in [5.74, 6) is 0. The van der Waals surface area contributed by atoms with Crippen molar-refractivity contribution in [2.24, 2.45) is 0 Å². The molecule has 0 aromatic heterocycles. The molecule has 1 N–H and O–H groups in total. The Balaban J connectivity index is 2.83. The zero-order valence-corrected chi connectivity index (χ0v) is 2.88. The first-order chi connectivity index (χ1) is 2.27. The van der Waals surface area contributed by atoms with Gasteiger partial charge in [-0.2, -0.15) is 0 Å². The molecule has 0 aromatic carbocycles. The molecule has 0 rings (SSSR count). The fourth-order valence-corrected chi connectivity index (χ4v) is 0. The van der Waals surface area contributed by atoms with Crippen molar-refractivity contribution in [3.8, 4) is 0 Å². The molecule has 0 fully saturated rings. The molecule has 0 aromatic rings. The van der Waals surface area contributed by atoms with Crippen molar-refractivity contribution >= 4 is 7.28 Å². The maximum atomic E-state index is 9.18. The van der Waals surface area contributed by atoms with E-state index < -0.39 is 0 Å². The van der Waals surface area contributed by atoms with Gasteiger partial charge in [-0.1, -0.05) is 0 Å². The fourth-order valence-electron chi connectivity index (χ4n) is 0. The minimum absolute atomic E-state index is 0.306. The van der Waals surface area contributed by atoms with E-state index >= 15 is 0 Å². The monoisotopic (exact) mass is 73.0 g/mol. The predicted molar refractivity (Wildman–Crippen MR) is 16.0 cm³/mol. The van der Waals surface area contributed by atoms with E-state index in [1.54, 1.807) is 0 Å². The van der Waals surface area contributed by atoms with Crippen molar-refractivity contribution in [3.05, 3.63) is 0 Å². The van der Waals surface area contributed by atoms with E-state index in [1.807, 2.05) is 0 Å². The van der Waals surface area contributed by atoms with Crippen LogP contribution in [0.25, 0.3) is 0 Å². The van der Waals surface area contributed by atoms with Crippen LogP contribution >= 0.6 is 0 Å². The second-order valence-electron chi connectivity index (χ2n) is 0.679. The third kappa shape index (κ3) is 3.62. The van der Waals surface area contributed by atoms with Gasteiger partial charge in [0.25, 0.3) is 0 Å². The van der Waals surface area contributed by atoms with Crippen molar-refractivity contribution in [2.75, 3.05) is 7.05 Å². The van der Waals surface area contributed by atoms with E-state index in [0.29, 0.717) is 12.3 Å². The van der Waals surface area contributed by atoms with E-state index in [9.17, 15) is 4.70 Å². The van der Waals surface area contributed by atoms with Crippen LogP contribution in [-0.2, 0) is 4.70 Å². The molecule has 3 nitrogen and oxygen atoms in total. The van der Waals surface area contributed by atoms with Crippen LogP contribution in [0, 0.1) is 0 Å². The van der Waals surface area contributed by atoms with Crippen LogP contribution in [0.4, 0.5) is 0 Å². The summed E-state index contributed by atoms with van der Waals surface area (Å²) in [6.45, 7) is 0. The van der Waals surface area contributed by atoms with Gasteiger partial charge < -0.3 is 0 Å². The summed E-state index contributed by atoms with van der Waals surface area (Å²) in [5, 5.41) is 7.83. The van der Waals surface area contributed by atoms with Crippen LogP contribution in [0.15, 0.2) is 0 Å². The molecule has 0 bridgehead atoms. The van der Waals surface area contributed by atoms with Crippen molar-refractivity contribution < 1.29 is 9.91 Å². The summed E-state index contributed by atoms with van der Waals surface area (Å²) in [5.41, 5.74) is 0. The molecule has 0 heterocycles. The molecule has 0 aliphatic rings. The minimum atomic E-state index is 0.306. The first kappa shape index (κ1) is 4.62. The van der Waals surface area contributed by atoms with Gasteiger partial charge in [0.15, 0.2) is 0 Å². The van der Waals surface area contributed by atoms with E-state index in [4.69, 9.17) is 5.21 Å². The topological polar surface area (TPSA) is 40.5 Å². The Morgan fingerprint density at radius 1 is 2.00 bits per heavy atom. The molecule has 28 valence electrons. The Morgan fingerprint density at radius 2 is 2.20 bits per heavy atom. The molecule has 0 aliphatic heterocycles. The summed E-state index contributed by atoms with van der Waals surface area (Å²) < 4.78 is 9.18. The van der Waals surface area contributed by atoms with Crippen LogP contribution in [0.1, 0.15) is 0 Å². The first-order valence-corrected chi connectivity index (χ1v) is 1.14. The molecule has 0 saturated carbocycles. The molecular formula is CH4BNO2. The summed E-state index contributed by atoms with van der Waals surface area (Å²) >= 11 is 0. The summed E-state index contributed by atoms with van der Waals surface area (Å²) in [6, 6.07) is 0. The standard InChI is InChI=1S/CH4BNO2/c1-3(5)2-4/h5H,1H3. The molecule has 0 amide bonds. The molecule has 0 radical (unpaired) electrons. The Kier molecular flexibility index (Phi) is 1.76. The number of hydrogen-bond acceptors (Lipinski definition) is 2. The zero-order chi connectivity index (χ0) is 4.28. The average molecular weight is 72.9 g/mol. The molecule has 0 atom stereocenters. The second kappa shape index (κ2) is 1.90. The van der Waals surface area contributed by atoms with Crippen LogP contribution < -0.4 is 0 Å². The van der Waals surface area contributed by atoms with Gasteiger partial charge in [-0.15, -0.1) is 0 Å². The Labute approximate surface area is 30.4 Å². The van der Waals surface area contributed by atoms with Crippen LogP contribution in [-0.4, -0.2) is 24.5 Å². The predicted octanol–water partition coefficient (Wildman–Crippen LogP) is -0.728. The van der Waals surface area contributed by atoms with Gasteiger partial charge in [0, 0.05) is 0 Å². The van der Waals surface area contributed by atoms with Gasteiger partial charge in [-0.05, 0) is 0 Å². The number of hydroxylamine groups is 1. The van der Waals surface area contributed by atoms with Gasteiger partial charge in [0.05, 0.1) is 0 Å². The summed E-state index contributed by atoms with van der Waals surface area (Å²) in [4.78, 5) is 0.444. The van der Waals surface area contributed by atoms with Crippen molar-refractivity contribution in [1.29, 1.82) is 0 Å². The van der Waals surface area contributed by atoms with Gasteiger partial charge >= 0.3 is 29.2 Å². The van der Waals surface area contributed by atoms with E-state index in [0.717, 1.165) is 0 Å². The van der Waals surface area contributed by atoms with Crippen molar-refractivity contribution in [3.63, 3.8) is 0 Å². The molecule has 5 heavy (non-hydrogen) atoms. The van der Waals surface area contributed by atoms with Crippen LogP contribution in [0.2, 0.25) is 0 Å². The molecule has 0 spiro atoms. The molecule has 0 saturated heterocycles. The first-order valence-electron chi connectivity index (χ1n) is 1.14. The normalized spacial score (nSPS) is 6.00. The fraction of sp³-hybridized carbons (Fsp3) is 1.00. The average Bonchev–Trinajstić information content (AvgIpc) is 1.38. The quantitative estimate of drug-likeness (QED) is 0.328. The molecular weight excluding hydrogens is 68.8 g/mol. The van der Waals surface area contributed by atoms with E-state index in [2.05, 4.69) is 0 Å². The van der Waals surface area contributed by atoms with Gasteiger partial charge in [0.2, 0.25) is 0 Å². The van der Waals surface area contributed by atoms with Gasteiger partial charge in [0.1, 0.15) is 0 Å². The van der Waals surface area contributed by atoms with Crippen LogP contribution in [0.3, 0.4) is 0 Å². The number of hydrogen-bond donors (Lipinski definition) is 1. The van der Waals surface area contributed by atoms with Gasteiger partial charge in [-0.25, -0.2) is 0 Å². The Morgan fingerprint density at radius 3 is 2.20 bits per heavy atom. The third-order valence-electron chi connectivity index (χ3n) is 0.153. The van der Waals surface area contributed by atoms with Crippen molar-refractivity contribution in [1.82, 2.24) is 4.97 Å². The van der Waals surface area contributed by atoms with E-state index in [-0.39, 0.29) is 0 Å². The third-order valence-corrected chi connectivity index (χ3v) is 0.153. The molecule has 0 unspecified atom stereocenters. The molecule has 4 heteroatoms. The van der Waals surface area contributed by atoms with Crippen molar-refractivity contribution in [2.45, 2.75) is 0 Å². The van der Waals surface area contributed by atoms with E-state index in [1.165, 1.54) is 7.05 Å². The zero-order valence-electron chi connectivity index (χ0n) is 2.88. The second-order valence-corrected chi connectivity index (χ2v) is 0.679. The maximum absolute atomic E-state index is 9.18.